The first-order chi connectivity index (χ1) is 14.7. The topological polar surface area (TPSA) is 42.0 Å². The van der Waals surface area contributed by atoms with Crippen molar-refractivity contribution in [1.29, 1.82) is 0 Å². The standard InChI is InChI=1S/C24H26N2O3S/c1-28-20-11-9-19(10-12-20)25-13-6-14-26(16-15-25)24(27)23-21(29-2)17-22(30-23)18-7-4-3-5-8-18/h3-5,7-12,17H,6,13-16H2,1-2H3. The van der Waals surface area contributed by atoms with Gasteiger partial charge in [0.25, 0.3) is 5.91 Å². The van der Waals surface area contributed by atoms with Gasteiger partial charge in [-0.3, -0.25) is 4.79 Å². The number of rotatable bonds is 5. The lowest BCUT2D eigenvalue weighted by atomic mass is 10.2. The Morgan fingerprint density at radius 2 is 1.67 bits per heavy atom. The molecule has 1 aliphatic heterocycles. The van der Waals surface area contributed by atoms with Crippen LogP contribution in [0.3, 0.4) is 0 Å². The van der Waals surface area contributed by atoms with E-state index >= 15 is 0 Å². The molecule has 0 bridgehead atoms. The summed E-state index contributed by atoms with van der Waals surface area (Å²) in [5, 5.41) is 0. The molecule has 156 valence electrons. The third-order valence-corrected chi connectivity index (χ3v) is 6.54. The minimum absolute atomic E-state index is 0.0515. The zero-order valence-corrected chi connectivity index (χ0v) is 18.2. The summed E-state index contributed by atoms with van der Waals surface area (Å²) in [4.78, 5) is 19.3. The Kier molecular flexibility index (Phi) is 6.23. The van der Waals surface area contributed by atoms with Crippen molar-refractivity contribution >= 4 is 22.9 Å². The lowest BCUT2D eigenvalue weighted by Crippen LogP contribution is -2.35. The summed E-state index contributed by atoms with van der Waals surface area (Å²) in [6, 6.07) is 20.2. The van der Waals surface area contributed by atoms with E-state index in [1.165, 1.54) is 11.3 Å². The van der Waals surface area contributed by atoms with Crippen molar-refractivity contribution in [3.8, 4) is 21.9 Å². The molecule has 0 radical (unpaired) electrons. The fraction of sp³-hybridized carbons (Fsp3) is 0.292. The maximum absolute atomic E-state index is 13.3. The molecule has 4 rings (SSSR count). The van der Waals surface area contributed by atoms with Crippen LogP contribution in [-0.4, -0.2) is 51.2 Å². The predicted molar refractivity (Wildman–Crippen MR) is 122 cm³/mol. The third kappa shape index (κ3) is 4.28. The van der Waals surface area contributed by atoms with Gasteiger partial charge in [-0.25, -0.2) is 0 Å². The quantitative estimate of drug-likeness (QED) is 0.593. The van der Waals surface area contributed by atoms with Crippen molar-refractivity contribution in [3.63, 3.8) is 0 Å². The molecule has 0 atom stereocenters. The van der Waals surface area contributed by atoms with E-state index in [-0.39, 0.29) is 5.91 Å². The molecule has 0 N–H and O–H groups in total. The monoisotopic (exact) mass is 422 g/mol. The van der Waals surface area contributed by atoms with E-state index < -0.39 is 0 Å². The summed E-state index contributed by atoms with van der Waals surface area (Å²) in [5.41, 5.74) is 2.26. The Bertz CT molecular complexity index is 985. The highest BCUT2D eigenvalue weighted by Crippen LogP contribution is 2.37. The zero-order valence-electron chi connectivity index (χ0n) is 17.3. The van der Waals surface area contributed by atoms with Gasteiger partial charge in [-0.05, 0) is 42.3 Å². The van der Waals surface area contributed by atoms with Crippen molar-refractivity contribution in [2.24, 2.45) is 0 Å². The average molecular weight is 423 g/mol. The normalized spacial score (nSPS) is 14.3. The van der Waals surface area contributed by atoms with Gasteiger partial charge in [0.1, 0.15) is 16.4 Å². The summed E-state index contributed by atoms with van der Waals surface area (Å²) >= 11 is 1.50. The van der Waals surface area contributed by atoms with Crippen LogP contribution in [0.4, 0.5) is 5.69 Å². The fourth-order valence-corrected chi connectivity index (χ4v) is 4.83. The highest BCUT2D eigenvalue weighted by molar-refractivity contribution is 7.17. The van der Waals surface area contributed by atoms with Gasteiger partial charge < -0.3 is 19.3 Å². The Balaban J connectivity index is 1.49. The molecule has 6 heteroatoms. The number of carbonyl (C=O) groups is 1. The average Bonchev–Trinajstić information content (AvgIpc) is 3.09. The van der Waals surface area contributed by atoms with Crippen molar-refractivity contribution in [3.05, 3.63) is 65.5 Å². The van der Waals surface area contributed by atoms with Gasteiger partial charge in [0.2, 0.25) is 0 Å². The zero-order chi connectivity index (χ0) is 20.9. The lowest BCUT2D eigenvalue weighted by Gasteiger charge is -2.24. The highest BCUT2D eigenvalue weighted by atomic mass is 32.1. The summed E-state index contributed by atoms with van der Waals surface area (Å²) in [6.07, 6.45) is 0.928. The Morgan fingerprint density at radius 1 is 0.900 bits per heavy atom. The minimum atomic E-state index is 0.0515. The molecule has 5 nitrogen and oxygen atoms in total. The van der Waals surface area contributed by atoms with E-state index in [1.54, 1.807) is 14.2 Å². The molecule has 3 aromatic rings. The number of ether oxygens (including phenoxy) is 2. The highest BCUT2D eigenvalue weighted by Gasteiger charge is 2.25. The smallest absolute Gasteiger partial charge is 0.267 e. The van der Waals surface area contributed by atoms with Gasteiger partial charge in [-0.2, -0.15) is 0 Å². The number of methoxy groups -OCH3 is 2. The number of hydrogen-bond donors (Lipinski definition) is 0. The molecule has 2 heterocycles. The second-order valence-corrected chi connectivity index (χ2v) is 8.26. The molecule has 0 saturated carbocycles. The van der Waals surface area contributed by atoms with Crippen LogP contribution in [0.1, 0.15) is 16.1 Å². The first-order valence-corrected chi connectivity index (χ1v) is 10.9. The van der Waals surface area contributed by atoms with Crippen LogP contribution in [0, 0.1) is 0 Å². The van der Waals surface area contributed by atoms with Crippen molar-refractivity contribution in [2.45, 2.75) is 6.42 Å². The molecule has 1 amide bonds. The number of hydrogen-bond acceptors (Lipinski definition) is 5. The molecule has 1 saturated heterocycles. The Labute approximate surface area is 181 Å². The molecule has 0 unspecified atom stereocenters. The lowest BCUT2D eigenvalue weighted by molar-refractivity contribution is 0.0769. The summed E-state index contributed by atoms with van der Waals surface area (Å²) < 4.78 is 10.8. The Morgan fingerprint density at radius 3 is 2.37 bits per heavy atom. The van der Waals surface area contributed by atoms with Crippen molar-refractivity contribution in [2.75, 3.05) is 45.3 Å². The first kappa shape index (κ1) is 20.3. The number of thiophene rings is 1. The second kappa shape index (κ2) is 9.22. The fourth-order valence-electron chi connectivity index (χ4n) is 3.74. The van der Waals surface area contributed by atoms with Crippen LogP contribution >= 0.6 is 11.3 Å². The van der Waals surface area contributed by atoms with E-state index in [4.69, 9.17) is 9.47 Å². The van der Waals surface area contributed by atoms with Crippen molar-refractivity contribution < 1.29 is 14.3 Å². The third-order valence-electron chi connectivity index (χ3n) is 5.39. The molecule has 30 heavy (non-hydrogen) atoms. The van der Waals surface area contributed by atoms with E-state index in [2.05, 4.69) is 29.2 Å². The predicted octanol–water partition coefficient (Wildman–Crippen LogP) is 4.78. The van der Waals surface area contributed by atoms with Crippen LogP contribution in [0.5, 0.6) is 11.5 Å². The van der Waals surface area contributed by atoms with Gasteiger partial charge in [-0.15, -0.1) is 11.3 Å². The molecule has 0 spiro atoms. The molecule has 0 aliphatic carbocycles. The molecule has 2 aromatic carbocycles. The van der Waals surface area contributed by atoms with E-state index in [1.807, 2.05) is 41.3 Å². The summed E-state index contributed by atoms with van der Waals surface area (Å²) in [6.45, 7) is 3.16. The number of amides is 1. The van der Waals surface area contributed by atoms with Gasteiger partial charge in [0.15, 0.2) is 0 Å². The van der Waals surface area contributed by atoms with E-state index in [9.17, 15) is 4.79 Å². The Hall–Kier alpha value is -2.99. The number of benzene rings is 2. The molecular weight excluding hydrogens is 396 g/mol. The van der Waals surface area contributed by atoms with Gasteiger partial charge in [0.05, 0.1) is 14.2 Å². The molecule has 1 aliphatic rings. The van der Waals surface area contributed by atoms with Gasteiger partial charge in [0, 0.05) is 36.7 Å². The van der Waals surface area contributed by atoms with E-state index in [0.29, 0.717) is 17.2 Å². The van der Waals surface area contributed by atoms with Gasteiger partial charge >= 0.3 is 0 Å². The minimum Gasteiger partial charge on any atom is -0.497 e. The molecule has 1 fully saturated rings. The van der Waals surface area contributed by atoms with Crippen LogP contribution in [0.15, 0.2) is 60.7 Å². The maximum atomic E-state index is 13.3. The molecular formula is C24H26N2O3S. The van der Waals surface area contributed by atoms with E-state index in [0.717, 1.165) is 47.9 Å². The summed E-state index contributed by atoms with van der Waals surface area (Å²) in [7, 11) is 3.30. The molecule has 1 aromatic heterocycles. The van der Waals surface area contributed by atoms with Crippen molar-refractivity contribution in [1.82, 2.24) is 4.90 Å². The maximum Gasteiger partial charge on any atom is 0.267 e. The summed E-state index contributed by atoms with van der Waals surface area (Å²) in [5.74, 6) is 1.56. The number of carbonyl (C=O) groups excluding carboxylic acids is 1. The van der Waals surface area contributed by atoms with Crippen LogP contribution in [0.2, 0.25) is 0 Å². The second-order valence-electron chi connectivity index (χ2n) is 7.21. The number of nitrogens with zero attached hydrogens (tertiary/aromatic N) is 2. The van der Waals surface area contributed by atoms with Crippen LogP contribution in [-0.2, 0) is 0 Å². The van der Waals surface area contributed by atoms with Crippen LogP contribution in [0.25, 0.3) is 10.4 Å². The SMILES string of the molecule is COc1ccc(N2CCCN(C(=O)c3sc(-c4ccccc4)cc3OC)CC2)cc1. The van der Waals surface area contributed by atoms with Gasteiger partial charge in [-0.1, -0.05) is 30.3 Å². The van der Waals surface area contributed by atoms with Crippen LogP contribution < -0.4 is 14.4 Å². The number of anilines is 1. The largest absolute Gasteiger partial charge is 0.497 e. The first-order valence-electron chi connectivity index (χ1n) is 10.1.